The number of amides is 1. The monoisotopic (exact) mass is 312 g/mol. The van der Waals surface area contributed by atoms with Gasteiger partial charge in [0.15, 0.2) is 0 Å². The summed E-state index contributed by atoms with van der Waals surface area (Å²) in [6.45, 7) is 0.993. The molecule has 21 heavy (non-hydrogen) atoms. The minimum absolute atomic E-state index is 0.00507. The average molecular weight is 312 g/mol. The van der Waals surface area contributed by atoms with E-state index in [9.17, 15) is 14.9 Å². The van der Waals surface area contributed by atoms with E-state index in [4.69, 9.17) is 9.47 Å². The van der Waals surface area contributed by atoms with Crippen LogP contribution in [0.2, 0.25) is 0 Å². The first-order chi connectivity index (χ1) is 10.0. The molecule has 0 bridgehead atoms. The summed E-state index contributed by atoms with van der Waals surface area (Å²) in [5.74, 6) is 0. The SMILES string of the molecule is COC1CN(C(=O)OCc2ccc([N+](=O)[O-])cc2)CC1S. The molecule has 0 spiro atoms. The number of rotatable bonds is 4. The summed E-state index contributed by atoms with van der Waals surface area (Å²) >= 11 is 4.35. The topological polar surface area (TPSA) is 81.9 Å². The molecule has 0 N–H and O–H groups in total. The zero-order valence-electron chi connectivity index (χ0n) is 11.5. The molecule has 7 nitrogen and oxygen atoms in total. The third-order valence-electron chi connectivity index (χ3n) is 3.31. The fraction of sp³-hybridized carbons (Fsp3) is 0.462. The first-order valence-electron chi connectivity index (χ1n) is 6.37. The standard InChI is InChI=1S/C13H16N2O5S/c1-19-11-6-14(7-12(11)21)13(16)20-8-9-2-4-10(5-3-9)15(17)18/h2-5,11-12,21H,6-8H2,1H3. The number of thiol groups is 1. The minimum Gasteiger partial charge on any atom is -0.445 e. The smallest absolute Gasteiger partial charge is 0.410 e. The molecule has 1 aliphatic rings. The van der Waals surface area contributed by atoms with Crippen molar-refractivity contribution in [2.45, 2.75) is 18.0 Å². The maximum absolute atomic E-state index is 11.9. The summed E-state index contributed by atoms with van der Waals surface area (Å²) in [4.78, 5) is 23.5. The van der Waals surface area contributed by atoms with Crippen LogP contribution in [0.5, 0.6) is 0 Å². The molecule has 0 aliphatic carbocycles. The molecule has 2 unspecified atom stereocenters. The molecule has 2 atom stereocenters. The van der Waals surface area contributed by atoms with E-state index in [0.29, 0.717) is 18.7 Å². The molecule has 0 radical (unpaired) electrons. The number of likely N-dealkylation sites (tertiary alicyclic amines) is 1. The summed E-state index contributed by atoms with van der Waals surface area (Å²) in [5.41, 5.74) is 0.698. The van der Waals surface area contributed by atoms with Crippen molar-refractivity contribution in [3.63, 3.8) is 0 Å². The van der Waals surface area contributed by atoms with Crippen LogP contribution in [0.4, 0.5) is 10.5 Å². The predicted molar refractivity (Wildman–Crippen MR) is 78.4 cm³/mol. The molecular formula is C13H16N2O5S. The molecule has 0 saturated carbocycles. The lowest BCUT2D eigenvalue weighted by atomic mass is 10.2. The predicted octanol–water partition coefficient (Wildman–Crippen LogP) is 1.86. The number of ether oxygens (including phenoxy) is 2. The number of nitro benzene ring substituents is 1. The fourth-order valence-electron chi connectivity index (χ4n) is 2.09. The van der Waals surface area contributed by atoms with Gasteiger partial charge in [-0.15, -0.1) is 0 Å². The lowest BCUT2D eigenvalue weighted by Crippen LogP contribution is -2.30. The van der Waals surface area contributed by atoms with Gasteiger partial charge < -0.3 is 14.4 Å². The number of nitro groups is 1. The Bertz CT molecular complexity index is 522. The van der Waals surface area contributed by atoms with Crippen molar-refractivity contribution >= 4 is 24.4 Å². The normalized spacial score (nSPS) is 21.3. The van der Waals surface area contributed by atoms with Crippen molar-refractivity contribution in [1.82, 2.24) is 4.90 Å². The largest absolute Gasteiger partial charge is 0.445 e. The second-order valence-corrected chi connectivity index (χ2v) is 5.39. The van der Waals surface area contributed by atoms with Gasteiger partial charge in [-0.05, 0) is 17.7 Å². The van der Waals surface area contributed by atoms with Crippen LogP contribution in [0, 0.1) is 10.1 Å². The van der Waals surface area contributed by atoms with Crippen LogP contribution >= 0.6 is 12.6 Å². The molecule has 1 aromatic carbocycles. The Morgan fingerprint density at radius 1 is 1.43 bits per heavy atom. The average Bonchev–Trinajstić information content (AvgIpc) is 2.86. The summed E-state index contributed by atoms with van der Waals surface area (Å²) in [5, 5.41) is 10.5. The summed E-state index contributed by atoms with van der Waals surface area (Å²) in [6, 6.07) is 5.89. The van der Waals surface area contributed by atoms with Gasteiger partial charge in [-0.3, -0.25) is 10.1 Å². The van der Waals surface area contributed by atoms with Gasteiger partial charge in [0.1, 0.15) is 6.61 Å². The van der Waals surface area contributed by atoms with E-state index in [1.54, 1.807) is 19.2 Å². The van der Waals surface area contributed by atoms with E-state index in [1.165, 1.54) is 17.0 Å². The Morgan fingerprint density at radius 2 is 2.10 bits per heavy atom. The third-order valence-corrected chi connectivity index (χ3v) is 3.80. The number of nitrogens with zero attached hydrogens (tertiary/aromatic N) is 2. The highest BCUT2D eigenvalue weighted by atomic mass is 32.1. The van der Waals surface area contributed by atoms with Gasteiger partial charge in [0.25, 0.3) is 5.69 Å². The quantitative estimate of drug-likeness (QED) is 0.521. The van der Waals surface area contributed by atoms with E-state index in [0.717, 1.165) is 0 Å². The number of hydrogen-bond donors (Lipinski definition) is 1. The van der Waals surface area contributed by atoms with Crippen LogP contribution in [0.3, 0.4) is 0 Å². The van der Waals surface area contributed by atoms with Crippen molar-refractivity contribution in [3.8, 4) is 0 Å². The first-order valence-corrected chi connectivity index (χ1v) is 6.89. The molecule has 1 heterocycles. The number of benzene rings is 1. The van der Waals surface area contributed by atoms with Crippen molar-refractivity contribution in [2.75, 3.05) is 20.2 Å². The van der Waals surface area contributed by atoms with Crippen LogP contribution in [-0.4, -0.2) is 47.5 Å². The molecule has 8 heteroatoms. The Labute approximate surface area is 127 Å². The zero-order chi connectivity index (χ0) is 15.4. The molecule has 1 amide bonds. The number of hydrogen-bond acceptors (Lipinski definition) is 6. The minimum atomic E-state index is -0.474. The number of methoxy groups -OCH3 is 1. The van der Waals surface area contributed by atoms with Crippen molar-refractivity contribution in [3.05, 3.63) is 39.9 Å². The van der Waals surface area contributed by atoms with E-state index in [-0.39, 0.29) is 23.6 Å². The Morgan fingerprint density at radius 3 is 2.62 bits per heavy atom. The lowest BCUT2D eigenvalue weighted by molar-refractivity contribution is -0.384. The van der Waals surface area contributed by atoms with Crippen LogP contribution in [0.25, 0.3) is 0 Å². The van der Waals surface area contributed by atoms with Gasteiger partial charge in [0.2, 0.25) is 0 Å². The van der Waals surface area contributed by atoms with Gasteiger partial charge >= 0.3 is 6.09 Å². The third kappa shape index (κ3) is 3.85. The van der Waals surface area contributed by atoms with Crippen molar-refractivity contribution < 1.29 is 19.2 Å². The highest BCUT2D eigenvalue weighted by Crippen LogP contribution is 2.19. The number of carbonyl (C=O) groups is 1. The van der Waals surface area contributed by atoms with Gasteiger partial charge in [0, 0.05) is 31.0 Å². The molecule has 1 aliphatic heterocycles. The van der Waals surface area contributed by atoms with Gasteiger partial charge in [0.05, 0.1) is 17.6 Å². The van der Waals surface area contributed by atoms with Gasteiger partial charge in [-0.25, -0.2) is 4.79 Å². The molecule has 0 aromatic heterocycles. The van der Waals surface area contributed by atoms with E-state index in [2.05, 4.69) is 12.6 Å². The van der Waals surface area contributed by atoms with Crippen LogP contribution < -0.4 is 0 Å². The van der Waals surface area contributed by atoms with Gasteiger partial charge in [-0.1, -0.05) is 0 Å². The summed E-state index contributed by atoms with van der Waals surface area (Å²) in [7, 11) is 1.58. The van der Waals surface area contributed by atoms with E-state index >= 15 is 0 Å². The number of carbonyl (C=O) groups excluding carboxylic acids is 1. The molecule has 2 rings (SSSR count). The maximum atomic E-state index is 11.9. The van der Waals surface area contributed by atoms with Crippen LogP contribution in [0.1, 0.15) is 5.56 Å². The Hall–Kier alpha value is -1.80. The number of non-ortho nitro benzene ring substituents is 1. The molecule has 1 saturated heterocycles. The Kier molecular flexibility index (Phi) is 5.03. The van der Waals surface area contributed by atoms with Crippen LogP contribution in [0.15, 0.2) is 24.3 Å². The summed E-state index contributed by atoms with van der Waals surface area (Å²) in [6.07, 6.45) is -0.535. The maximum Gasteiger partial charge on any atom is 0.410 e. The van der Waals surface area contributed by atoms with Gasteiger partial charge in [-0.2, -0.15) is 12.6 Å². The van der Waals surface area contributed by atoms with E-state index < -0.39 is 11.0 Å². The fourth-order valence-corrected chi connectivity index (χ4v) is 2.50. The first kappa shape index (κ1) is 15.6. The summed E-state index contributed by atoms with van der Waals surface area (Å²) < 4.78 is 10.4. The Balaban J connectivity index is 1.85. The van der Waals surface area contributed by atoms with Crippen LogP contribution in [-0.2, 0) is 16.1 Å². The second-order valence-electron chi connectivity index (χ2n) is 4.72. The lowest BCUT2D eigenvalue weighted by Gasteiger charge is -2.15. The molecule has 114 valence electrons. The molecule has 1 aromatic rings. The second kappa shape index (κ2) is 6.77. The van der Waals surface area contributed by atoms with Crippen molar-refractivity contribution in [1.29, 1.82) is 0 Å². The molecule has 1 fully saturated rings. The zero-order valence-corrected chi connectivity index (χ0v) is 12.4. The highest BCUT2D eigenvalue weighted by molar-refractivity contribution is 7.81. The highest BCUT2D eigenvalue weighted by Gasteiger charge is 2.33. The molecular weight excluding hydrogens is 296 g/mol. The van der Waals surface area contributed by atoms with Crippen molar-refractivity contribution in [2.24, 2.45) is 0 Å². The van der Waals surface area contributed by atoms with E-state index in [1.807, 2.05) is 0 Å².